The molecular formula is C19H19N3O4. The summed E-state index contributed by atoms with van der Waals surface area (Å²) in [6, 6.07) is 9.95. The first kappa shape index (κ1) is 16.5. The van der Waals surface area contributed by atoms with Crippen LogP contribution in [-0.4, -0.2) is 32.2 Å². The van der Waals surface area contributed by atoms with Crippen molar-refractivity contribution >= 4 is 16.9 Å². The van der Waals surface area contributed by atoms with E-state index in [2.05, 4.69) is 5.10 Å². The number of para-hydroxylation sites is 1. The maximum atomic E-state index is 12.8. The molecule has 1 aromatic carbocycles. The van der Waals surface area contributed by atoms with Gasteiger partial charge in [0.15, 0.2) is 11.2 Å². The van der Waals surface area contributed by atoms with Gasteiger partial charge in [-0.05, 0) is 24.6 Å². The lowest BCUT2D eigenvalue weighted by atomic mass is 10.2. The Morgan fingerprint density at radius 3 is 2.92 bits per heavy atom. The van der Waals surface area contributed by atoms with Crippen molar-refractivity contribution in [3.05, 3.63) is 63.8 Å². The summed E-state index contributed by atoms with van der Waals surface area (Å²) in [5.74, 6) is -0.284. The molecule has 3 heterocycles. The zero-order valence-electron chi connectivity index (χ0n) is 14.4. The van der Waals surface area contributed by atoms with Gasteiger partial charge >= 0.3 is 0 Å². The fourth-order valence-corrected chi connectivity index (χ4v) is 3.20. The van der Waals surface area contributed by atoms with Crippen LogP contribution in [0.4, 0.5) is 0 Å². The van der Waals surface area contributed by atoms with Crippen LogP contribution in [0.3, 0.4) is 0 Å². The quantitative estimate of drug-likeness (QED) is 0.779. The first-order chi connectivity index (χ1) is 12.6. The van der Waals surface area contributed by atoms with Crippen LogP contribution < -0.4 is 5.43 Å². The molecule has 26 heavy (non-hydrogen) atoms. The number of amides is 1. The molecule has 7 heteroatoms. The van der Waals surface area contributed by atoms with Crippen LogP contribution in [0.25, 0.3) is 11.0 Å². The molecule has 0 unspecified atom stereocenters. The summed E-state index contributed by atoms with van der Waals surface area (Å²) in [6.07, 6.45) is -0.0165. The van der Waals surface area contributed by atoms with E-state index in [1.54, 1.807) is 29.2 Å². The first-order valence-corrected chi connectivity index (χ1v) is 8.63. The highest BCUT2D eigenvalue weighted by atomic mass is 16.3. The topological polar surface area (TPSA) is 88.6 Å². The average Bonchev–Trinajstić information content (AvgIpc) is 3.10. The zero-order chi connectivity index (χ0) is 18.3. The maximum Gasteiger partial charge on any atom is 0.290 e. The van der Waals surface area contributed by atoms with E-state index >= 15 is 0 Å². The molecule has 0 fully saturated rings. The van der Waals surface area contributed by atoms with E-state index < -0.39 is 6.10 Å². The highest BCUT2D eigenvalue weighted by Gasteiger charge is 2.26. The molecule has 1 N–H and O–H groups in total. The van der Waals surface area contributed by atoms with Crippen molar-refractivity contribution in [3.8, 4) is 0 Å². The number of hydrogen-bond acceptors (Lipinski definition) is 5. The number of nitrogens with zero attached hydrogens (tertiary/aromatic N) is 3. The van der Waals surface area contributed by atoms with Crippen LogP contribution in [0, 0.1) is 0 Å². The van der Waals surface area contributed by atoms with E-state index in [9.17, 15) is 14.7 Å². The van der Waals surface area contributed by atoms with Gasteiger partial charge in [-0.15, -0.1) is 0 Å². The fraction of sp³-hybridized carbons (Fsp3) is 0.316. The Morgan fingerprint density at radius 2 is 2.12 bits per heavy atom. The number of carbonyl (C=O) groups is 1. The third kappa shape index (κ3) is 2.80. The molecule has 1 aliphatic rings. The number of hydrogen-bond donors (Lipinski definition) is 1. The van der Waals surface area contributed by atoms with Crippen LogP contribution in [-0.2, 0) is 13.1 Å². The zero-order valence-corrected chi connectivity index (χ0v) is 14.4. The molecule has 7 nitrogen and oxygen atoms in total. The predicted molar refractivity (Wildman–Crippen MR) is 94.7 cm³/mol. The van der Waals surface area contributed by atoms with Gasteiger partial charge in [0, 0.05) is 12.6 Å². The predicted octanol–water partition coefficient (Wildman–Crippen LogP) is 2.09. The van der Waals surface area contributed by atoms with Gasteiger partial charge in [0.05, 0.1) is 36.0 Å². The van der Waals surface area contributed by atoms with Crippen LogP contribution >= 0.6 is 0 Å². The number of aromatic nitrogens is 2. The smallest absolute Gasteiger partial charge is 0.290 e. The van der Waals surface area contributed by atoms with Gasteiger partial charge in [0.1, 0.15) is 5.58 Å². The van der Waals surface area contributed by atoms with Gasteiger partial charge in [-0.2, -0.15) is 5.10 Å². The third-order valence-corrected chi connectivity index (χ3v) is 4.68. The molecule has 1 aliphatic heterocycles. The van der Waals surface area contributed by atoms with Crippen molar-refractivity contribution in [3.63, 3.8) is 0 Å². The van der Waals surface area contributed by atoms with Crippen molar-refractivity contribution in [1.29, 1.82) is 0 Å². The molecule has 0 aliphatic carbocycles. The highest BCUT2D eigenvalue weighted by molar-refractivity contribution is 5.93. The molecule has 2 aromatic heterocycles. The van der Waals surface area contributed by atoms with E-state index in [0.717, 1.165) is 5.69 Å². The van der Waals surface area contributed by atoms with Crippen LogP contribution in [0.2, 0.25) is 0 Å². The number of fused-ring (bicyclic) bond motifs is 2. The maximum absolute atomic E-state index is 12.8. The molecule has 134 valence electrons. The van der Waals surface area contributed by atoms with Gasteiger partial charge in [-0.25, -0.2) is 0 Å². The van der Waals surface area contributed by atoms with Crippen LogP contribution in [0.1, 0.15) is 41.4 Å². The van der Waals surface area contributed by atoms with Crippen molar-refractivity contribution < 1.29 is 14.3 Å². The van der Waals surface area contributed by atoms with Crippen molar-refractivity contribution in [1.82, 2.24) is 14.7 Å². The summed E-state index contributed by atoms with van der Waals surface area (Å²) in [6.45, 7) is 3.25. The third-order valence-electron chi connectivity index (χ3n) is 4.68. The monoisotopic (exact) mass is 353 g/mol. The van der Waals surface area contributed by atoms with E-state index in [1.807, 2.05) is 17.7 Å². The average molecular weight is 353 g/mol. The van der Waals surface area contributed by atoms with Gasteiger partial charge in [-0.3, -0.25) is 14.3 Å². The number of aliphatic hydroxyl groups excluding tert-OH is 1. The van der Waals surface area contributed by atoms with Crippen molar-refractivity contribution in [2.24, 2.45) is 0 Å². The second kappa shape index (κ2) is 6.42. The van der Waals surface area contributed by atoms with Crippen LogP contribution in [0.15, 0.2) is 45.6 Å². The standard InChI is InChI=1S/C19H19N3O4/c1-2-15(23)14-9-12-11-21(7-8-22(12)20-14)19(25)18-10-16(24)13-5-3-4-6-17(13)26-18/h3-6,9-10,15,23H,2,7-8,11H2,1H3/t15-/m0/s1. The summed E-state index contributed by atoms with van der Waals surface area (Å²) in [5, 5.41) is 14.8. The Balaban J connectivity index is 1.62. The molecule has 0 saturated carbocycles. The summed E-state index contributed by atoms with van der Waals surface area (Å²) in [5.41, 5.74) is 1.65. The lowest BCUT2D eigenvalue weighted by Crippen LogP contribution is -2.38. The van der Waals surface area contributed by atoms with E-state index in [-0.39, 0.29) is 17.1 Å². The number of aliphatic hydroxyl groups is 1. The molecule has 1 atom stereocenters. The first-order valence-electron chi connectivity index (χ1n) is 8.63. The van der Waals surface area contributed by atoms with E-state index in [0.29, 0.717) is 42.7 Å². The molecule has 0 spiro atoms. The summed E-state index contributed by atoms with van der Waals surface area (Å²) >= 11 is 0. The molecule has 0 saturated heterocycles. The van der Waals surface area contributed by atoms with Crippen LogP contribution in [0.5, 0.6) is 0 Å². The Labute approximate surface area is 149 Å². The van der Waals surface area contributed by atoms with Crippen molar-refractivity contribution in [2.45, 2.75) is 32.5 Å². The molecule has 1 amide bonds. The Kier molecular flexibility index (Phi) is 4.08. The normalized spacial score (nSPS) is 15.1. The molecule has 3 aromatic rings. The largest absolute Gasteiger partial charge is 0.451 e. The van der Waals surface area contributed by atoms with Gasteiger partial charge in [-0.1, -0.05) is 19.1 Å². The number of rotatable bonds is 3. The molecule has 0 radical (unpaired) electrons. The highest BCUT2D eigenvalue weighted by Crippen LogP contribution is 2.21. The SMILES string of the molecule is CC[C@H](O)c1cc2n(n1)CCN(C(=O)c1cc(=O)c3ccccc3o1)C2. The van der Waals surface area contributed by atoms with E-state index in [1.165, 1.54) is 6.07 Å². The Hall–Kier alpha value is -2.93. The Morgan fingerprint density at radius 1 is 1.31 bits per heavy atom. The van der Waals surface area contributed by atoms with Gasteiger partial charge < -0.3 is 14.4 Å². The summed E-state index contributed by atoms with van der Waals surface area (Å²) in [7, 11) is 0. The second-order valence-corrected chi connectivity index (χ2v) is 6.41. The molecular weight excluding hydrogens is 334 g/mol. The summed E-state index contributed by atoms with van der Waals surface area (Å²) < 4.78 is 7.47. The van der Waals surface area contributed by atoms with Crippen molar-refractivity contribution in [2.75, 3.05) is 6.54 Å². The molecule has 4 rings (SSSR count). The lowest BCUT2D eigenvalue weighted by Gasteiger charge is -2.27. The van der Waals surface area contributed by atoms with E-state index in [4.69, 9.17) is 4.42 Å². The van der Waals surface area contributed by atoms with Gasteiger partial charge in [0.2, 0.25) is 0 Å². The summed E-state index contributed by atoms with van der Waals surface area (Å²) in [4.78, 5) is 26.7. The second-order valence-electron chi connectivity index (χ2n) is 6.41. The fourth-order valence-electron chi connectivity index (χ4n) is 3.20. The van der Waals surface area contributed by atoms with Gasteiger partial charge in [0.25, 0.3) is 5.91 Å². The number of benzene rings is 1. The lowest BCUT2D eigenvalue weighted by molar-refractivity contribution is 0.0674. The minimum atomic E-state index is -0.601. The minimum Gasteiger partial charge on any atom is -0.451 e. The Bertz CT molecular complexity index is 1040. The minimum absolute atomic E-state index is 0.0375. The number of carbonyl (C=O) groups excluding carboxylic acids is 1. The molecule has 0 bridgehead atoms.